The molecular weight excluding hydrogens is 460 g/mol. The summed E-state index contributed by atoms with van der Waals surface area (Å²) in [6.45, 7) is 11.8. The zero-order valence-corrected chi connectivity index (χ0v) is 21.9. The number of carbonyl (C=O) groups is 1. The van der Waals surface area contributed by atoms with E-state index in [1.807, 2.05) is 40.7 Å². The van der Waals surface area contributed by atoms with Gasteiger partial charge < -0.3 is 10.1 Å². The normalized spacial score (nSPS) is 16.3. The number of fused-ring (bicyclic) bond motifs is 1. The van der Waals surface area contributed by atoms with E-state index in [1.165, 1.54) is 9.87 Å². The molecule has 0 fully saturated rings. The first-order valence-electron chi connectivity index (χ1n) is 11.7. The molecule has 1 aliphatic heterocycles. The third-order valence-electron chi connectivity index (χ3n) is 6.59. The topological polar surface area (TPSA) is 75.7 Å². The summed E-state index contributed by atoms with van der Waals surface area (Å²) in [7, 11) is -3.90. The van der Waals surface area contributed by atoms with Gasteiger partial charge in [-0.1, -0.05) is 35.9 Å². The Bertz CT molecular complexity index is 1380. The summed E-state index contributed by atoms with van der Waals surface area (Å²) >= 11 is 0. The molecular formula is C28H32N2O4S. The van der Waals surface area contributed by atoms with Gasteiger partial charge in [0.1, 0.15) is 5.75 Å². The first kappa shape index (κ1) is 24.8. The average Bonchev–Trinajstić information content (AvgIpc) is 2.80. The van der Waals surface area contributed by atoms with Crippen molar-refractivity contribution in [2.24, 2.45) is 0 Å². The molecule has 4 rings (SSSR count). The summed E-state index contributed by atoms with van der Waals surface area (Å²) in [5, 5.41) is 3.03. The summed E-state index contributed by atoms with van der Waals surface area (Å²) in [6.07, 6.45) is -0.987. The van der Waals surface area contributed by atoms with Gasteiger partial charge in [0, 0.05) is 0 Å². The molecule has 0 saturated heterocycles. The molecule has 3 aromatic rings. The number of ether oxygens (including phenoxy) is 1. The molecule has 0 aromatic heterocycles. The van der Waals surface area contributed by atoms with E-state index in [0.717, 1.165) is 27.8 Å². The first-order chi connectivity index (χ1) is 16.5. The van der Waals surface area contributed by atoms with Crippen LogP contribution in [0.15, 0.2) is 59.5 Å². The van der Waals surface area contributed by atoms with Crippen LogP contribution in [0.2, 0.25) is 0 Å². The van der Waals surface area contributed by atoms with Crippen molar-refractivity contribution in [2.75, 3.05) is 10.8 Å². The van der Waals surface area contributed by atoms with Crippen molar-refractivity contribution in [3.63, 3.8) is 0 Å². The van der Waals surface area contributed by atoms with Crippen LogP contribution in [0.25, 0.3) is 0 Å². The average molecular weight is 493 g/mol. The Morgan fingerprint density at radius 1 is 0.914 bits per heavy atom. The molecule has 35 heavy (non-hydrogen) atoms. The third kappa shape index (κ3) is 4.91. The van der Waals surface area contributed by atoms with Crippen molar-refractivity contribution in [1.29, 1.82) is 0 Å². The summed E-state index contributed by atoms with van der Waals surface area (Å²) in [5.41, 5.74) is 6.78. The van der Waals surface area contributed by atoms with Crippen LogP contribution in [0.4, 0.5) is 5.69 Å². The molecule has 0 spiro atoms. The van der Waals surface area contributed by atoms with Crippen LogP contribution < -0.4 is 14.4 Å². The maximum absolute atomic E-state index is 13.6. The van der Waals surface area contributed by atoms with E-state index in [0.29, 0.717) is 11.4 Å². The zero-order valence-electron chi connectivity index (χ0n) is 21.0. The molecule has 0 aliphatic carbocycles. The lowest BCUT2D eigenvalue weighted by Crippen LogP contribution is -2.51. The number of nitrogens with zero attached hydrogens (tertiary/aromatic N) is 1. The number of nitrogens with one attached hydrogen (secondary N) is 1. The van der Waals surface area contributed by atoms with Crippen molar-refractivity contribution >= 4 is 21.6 Å². The third-order valence-corrected chi connectivity index (χ3v) is 8.39. The predicted octanol–water partition coefficient (Wildman–Crippen LogP) is 5.06. The molecule has 184 valence electrons. The van der Waals surface area contributed by atoms with Crippen LogP contribution in [-0.4, -0.2) is 27.0 Å². The number of anilines is 1. The van der Waals surface area contributed by atoms with Gasteiger partial charge in [-0.05, 0) is 93.6 Å². The fraction of sp³-hybridized carbons (Fsp3) is 0.321. The number of sulfonamides is 1. The maximum Gasteiger partial charge on any atom is 0.264 e. The molecule has 1 N–H and O–H groups in total. The Balaban J connectivity index is 1.65. The van der Waals surface area contributed by atoms with Crippen molar-refractivity contribution in [3.05, 3.63) is 88.0 Å². The quantitative estimate of drug-likeness (QED) is 0.540. The second-order valence-corrected chi connectivity index (χ2v) is 11.3. The van der Waals surface area contributed by atoms with Gasteiger partial charge in [0.15, 0.2) is 6.10 Å². The van der Waals surface area contributed by atoms with Crippen molar-refractivity contribution in [3.8, 4) is 5.75 Å². The maximum atomic E-state index is 13.6. The molecule has 1 aliphatic rings. The number of rotatable bonds is 5. The largest absolute Gasteiger partial charge is 0.476 e. The van der Waals surface area contributed by atoms with Crippen molar-refractivity contribution in [1.82, 2.24) is 5.32 Å². The monoisotopic (exact) mass is 492 g/mol. The van der Waals surface area contributed by atoms with Gasteiger partial charge >= 0.3 is 0 Å². The molecule has 0 bridgehead atoms. The second-order valence-electron chi connectivity index (χ2n) is 9.45. The highest BCUT2D eigenvalue weighted by Crippen LogP contribution is 2.38. The molecule has 0 saturated carbocycles. The molecule has 3 aromatic carbocycles. The smallest absolute Gasteiger partial charge is 0.264 e. The number of hydrogen-bond acceptors (Lipinski definition) is 4. The minimum absolute atomic E-state index is 0.114. The molecule has 1 heterocycles. The van der Waals surface area contributed by atoms with Crippen molar-refractivity contribution in [2.45, 2.75) is 58.6 Å². The Labute approximate surface area is 208 Å². The zero-order chi connectivity index (χ0) is 25.5. The Morgan fingerprint density at radius 2 is 1.54 bits per heavy atom. The van der Waals surface area contributed by atoms with Gasteiger partial charge in [-0.15, -0.1) is 0 Å². The molecule has 0 radical (unpaired) electrons. The summed E-state index contributed by atoms with van der Waals surface area (Å²) < 4.78 is 34.6. The van der Waals surface area contributed by atoms with E-state index in [9.17, 15) is 13.2 Å². The Hall–Kier alpha value is -3.32. The van der Waals surface area contributed by atoms with Crippen LogP contribution in [0, 0.1) is 34.6 Å². The van der Waals surface area contributed by atoms with E-state index in [4.69, 9.17) is 4.74 Å². The van der Waals surface area contributed by atoms with Gasteiger partial charge in [-0.25, -0.2) is 8.42 Å². The van der Waals surface area contributed by atoms with Gasteiger partial charge in [-0.2, -0.15) is 0 Å². The van der Waals surface area contributed by atoms with Crippen molar-refractivity contribution < 1.29 is 17.9 Å². The van der Waals surface area contributed by atoms with Gasteiger partial charge in [-0.3, -0.25) is 9.10 Å². The second kappa shape index (κ2) is 9.38. The SMILES string of the molecule is Cc1ccc(S(=O)(=O)N2C[C@H](C(=O)N[C@H](C)c3cc(C)c(C)cc3C)Oc3cc(C)ccc32)cc1. The molecule has 2 atom stereocenters. The van der Waals surface area contributed by atoms with Gasteiger partial charge in [0.05, 0.1) is 23.2 Å². The summed E-state index contributed by atoms with van der Waals surface area (Å²) in [6, 6.07) is 16.0. The Morgan fingerprint density at radius 3 is 2.23 bits per heavy atom. The van der Waals surface area contributed by atoms with Crippen LogP contribution in [-0.2, 0) is 14.8 Å². The van der Waals surface area contributed by atoms with Crippen LogP contribution in [0.1, 0.15) is 46.3 Å². The fourth-order valence-corrected chi connectivity index (χ4v) is 5.87. The van der Waals surface area contributed by atoms with Gasteiger partial charge in [0.25, 0.3) is 15.9 Å². The number of aryl methyl sites for hydroxylation is 5. The molecule has 6 nitrogen and oxygen atoms in total. The highest BCUT2D eigenvalue weighted by Gasteiger charge is 2.38. The summed E-state index contributed by atoms with van der Waals surface area (Å²) in [5.74, 6) is 0.0218. The van der Waals surface area contributed by atoms with E-state index in [1.54, 1.807) is 36.4 Å². The van der Waals surface area contributed by atoms with Crippen LogP contribution in [0.5, 0.6) is 5.75 Å². The number of carbonyl (C=O) groups excluding carboxylic acids is 1. The van der Waals surface area contributed by atoms with Crippen LogP contribution in [0.3, 0.4) is 0 Å². The Kier molecular flexibility index (Phi) is 6.64. The lowest BCUT2D eigenvalue weighted by molar-refractivity contribution is -0.128. The summed E-state index contributed by atoms with van der Waals surface area (Å²) in [4.78, 5) is 13.5. The highest BCUT2D eigenvalue weighted by molar-refractivity contribution is 7.92. The minimum atomic E-state index is -3.90. The molecule has 0 unspecified atom stereocenters. The molecule has 1 amide bonds. The standard InChI is InChI=1S/C28H32N2O4S/c1-17-7-10-23(11-8-17)35(32,33)30-16-27(34-26-13-18(2)9-12-25(26)30)28(31)29-22(6)24-15-20(4)19(3)14-21(24)5/h7-15,22,27H,16H2,1-6H3,(H,29,31)/t22-,27-/m1/s1. The predicted molar refractivity (Wildman–Crippen MR) is 139 cm³/mol. The lowest BCUT2D eigenvalue weighted by Gasteiger charge is -2.35. The highest BCUT2D eigenvalue weighted by atomic mass is 32.2. The van der Waals surface area contributed by atoms with Gasteiger partial charge in [0.2, 0.25) is 0 Å². The van der Waals surface area contributed by atoms with E-state index in [-0.39, 0.29) is 23.4 Å². The minimum Gasteiger partial charge on any atom is -0.476 e. The van der Waals surface area contributed by atoms with E-state index < -0.39 is 16.1 Å². The first-order valence-corrected chi connectivity index (χ1v) is 13.2. The lowest BCUT2D eigenvalue weighted by atomic mass is 9.96. The number of amides is 1. The fourth-order valence-electron chi connectivity index (χ4n) is 4.40. The van der Waals surface area contributed by atoms with E-state index >= 15 is 0 Å². The van der Waals surface area contributed by atoms with Crippen LogP contribution >= 0.6 is 0 Å². The number of hydrogen-bond donors (Lipinski definition) is 1. The molecule has 7 heteroatoms. The van der Waals surface area contributed by atoms with E-state index in [2.05, 4.69) is 24.4 Å². The number of benzene rings is 3.